The van der Waals surface area contributed by atoms with Crippen molar-refractivity contribution in [1.82, 2.24) is 4.83 Å². The molecule has 7 nitrogen and oxygen atoms in total. The van der Waals surface area contributed by atoms with Crippen LogP contribution in [0.3, 0.4) is 0 Å². The number of esters is 1. The van der Waals surface area contributed by atoms with Gasteiger partial charge in [0.25, 0.3) is 10.0 Å². The fraction of sp³-hybridized carbons (Fsp3) is 0.0476. The number of carbonyl (C=O) groups excluding carboxylic acids is 1. The molecular weight excluding hydrogens is 508 g/mol. The van der Waals surface area contributed by atoms with Crippen LogP contribution in [0.2, 0.25) is 5.02 Å². The first kappa shape index (κ1) is 22.8. The number of hydrogen-bond acceptors (Lipinski definition) is 6. The summed E-state index contributed by atoms with van der Waals surface area (Å²) in [5.74, 6) is 0.237. The Kier molecular flexibility index (Phi) is 7.32. The molecule has 0 heterocycles. The van der Waals surface area contributed by atoms with E-state index < -0.39 is 16.0 Å². The third-order valence-electron chi connectivity index (χ3n) is 4.00. The normalized spacial score (nSPS) is 11.3. The number of hydrazone groups is 1. The first-order valence-corrected chi connectivity index (χ1v) is 11.4. The monoisotopic (exact) mass is 522 g/mol. The van der Waals surface area contributed by atoms with E-state index in [1.165, 1.54) is 37.6 Å². The molecule has 1 N–H and O–H groups in total. The standard InChI is InChI=1S/C21H16BrClN2O5S/c1-29-18-7-2-14(3-8-18)21(26)30-20-11-4-16(22)12-15(20)13-24-25-31(27,28)19-9-5-17(23)6-10-19/h2-13,25H,1H3/b24-13+. The number of nitrogens with zero attached hydrogens (tertiary/aromatic N) is 1. The van der Waals surface area contributed by atoms with E-state index in [9.17, 15) is 13.2 Å². The SMILES string of the molecule is COc1ccc(C(=O)Oc2ccc(Br)cc2/C=N/NS(=O)(=O)c2ccc(Cl)cc2)cc1. The molecule has 0 aliphatic heterocycles. The van der Waals surface area contributed by atoms with E-state index in [0.29, 0.717) is 26.4 Å². The van der Waals surface area contributed by atoms with Crippen LogP contribution in [0.1, 0.15) is 15.9 Å². The number of nitrogens with one attached hydrogen (secondary N) is 1. The van der Waals surface area contributed by atoms with Crippen LogP contribution in [0.15, 0.2) is 81.2 Å². The fourth-order valence-electron chi connectivity index (χ4n) is 2.43. The van der Waals surface area contributed by atoms with Gasteiger partial charge in [-0.1, -0.05) is 27.5 Å². The molecule has 3 rings (SSSR count). The molecule has 0 fully saturated rings. The summed E-state index contributed by atoms with van der Waals surface area (Å²) in [6.07, 6.45) is 1.24. The van der Waals surface area contributed by atoms with Crippen LogP contribution in [0.5, 0.6) is 11.5 Å². The molecule has 0 bridgehead atoms. The van der Waals surface area contributed by atoms with Crippen LogP contribution in [0.25, 0.3) is 0 Å². The number of methoxy groups -OCH3 is 1. The van der Waals surface area contributed by atoms with Gasteiger partial charge < -0.3 is 9.47 Å². The van der Waals surface area contributed by atoms with Gasteiger partial charge in [-0.25, -0.2) is 9.63 Å². The van der Waals surface area contributed by atoms with Gasteiger partial charge in [0.2, 0.25) is 0 Å². The van der Waals surface area contributed by atoms with Crippen LogP contribution in [-0.2, 0) is 10.0 Å². The topological polar surface area (TPSA) is 94.1 Å². The molecule has 3 aromatic carbocycles. The van der Waals surface area contributed by atoms with Gasteiger partial charge in [-0.3, -0.25) is 0 Å². The van der Waals surface area contributed by atoms with Gasteiger partial charge in [0.1, 0.15) is 11.5 Å². The molecule has 0 spiro atoms. The molecule has 0 aliphatic rings. The predicted molar refractivity (Wildman–Crippen MR) is 121 cm³/mol. The van der Waals surface area contributed by atoms with Gasteiger partial charge in [0.15, 0.2) is 0 Å². The Balaban J connectivity index is 1.77. The number of rotatable bonds is 7. The van der Waals surface area contributed by atoms with E-state index in [1.807, 2.05) is 0 Å². The third-order valence-corrected chi connectivity index (χ3v) is 5.98. The van der Waals surface area contributed by atoms with Crippen LogP contribution in [0, 0.1) is 0 Å². The molecule has 0 radical (unpaired) electrons. The Labute approximate surface area is 192 Å². The van der Waals surface area contributed by atoms with Crippen LogP contribution in [0.4, 0.5) is 0 Å². The van der Waals surface area contributed by atoms with Crippen molar-refractivity contribution < 1.29 is 22.7 Å². The largest absolute Gasteiger partial charge is 0.497 e. The van der Waals surface area contributed by atoms with Gasteiger partial charge in [-0.05, 0) is 66.7 Å². The van der Waals surface area contributed by atoms with E-state index in [4.69, 9.17) is 21.1 Å². The van der Waals surface area contributed by atoms with E-state index >= 15 is 0 Å². The lowest BCUT2D eigenvalue weighted by Crippen LogP contribution is -2.18. The highest BCUT2D eigenvalue weighted by molar-refractivity contribution is 9.10. The zero-order valence-corrected chi connectivity index (χ0v) is 19.2. The van der Waals surface area contributed by atoms with Crippen molar-refractivity contribution in [3.05, 3.63) is 87.4 Å². The zero-order valence-electron chi connectivity index (χ0n) is 16.1. The number of carbonyl (C=O) groups is 1. The summed E-state index contributed by atoms with van der Waals surface area (Å²) in [6, 6.07) is 17.0. The summed E-state index contributed by atoms with van der Waals surface area (Å²) in [5, 5.41) is 4.21. The van der Waals surface area contributed by atoms with Crippen LogP contribution >= 0.6 is 27.5 Å². The Bertz CT molecular complexity index is 1210. The van der Waals surface area contributed by atoms with E-state index in [0.717, 1.165) is 0 Å². The maximum atomic E-state index is 12.5. The molecular formula is C21H16BrClN2O5S. The lowest BCUT2D eigenvalue weighted by molar-refractivity contribution is 0.0734. The molecule has 0 unspecified atom stereocenters. The summed E-state index contributed by atoms with van der Waals surface area (Å²) >= 11 is 9.11. The Hall–Kier alpha value is -2.88. The lowest BCUT2D eigenvalue weighted by atomic mass is 10.2. The minimum Gasteiger partial charge on any atom is -0.497 e. The third kappa shape index (κ3) is 6.06. The molecule has 0 amide bonds. The Morgan fingerprint density at radius 2 is 1.74 bits per heavy atom. The summed E-state index contributed by atoms with van der Waals surface area (Å²) in [6.45, 7) is 0. The van der Waals surface area contributed by atoms with Crippen molar-refractivity contribution in [3.63, 3.8) is 0 Å². The quantitative estimate of drug-likeness (QED) is 0.211. The number of halogens is 2. The summed E-state index contributed by atoms with van der Waals surface area (Å²) in [4.78, 5) is 14.6. The second-order valence-corrected chi connectivity index (χ2v) is 9.12. The summed E-state index contributed by atoms with van der Waals surface area (Å²) in [5.41, 5.74) is 0.713. The lowest BCUT2D eigenvalue weighted by Gasteiger charge is -2.09. The van der Waals surface area contributed by atoms with E-state index in [-0.39, 0.29) is 10.6 Å². The number of benzene rings is 3. The number of ether oxygens (including phenoxy) is 2. The van der Waals surface area contributed by atoms with Crippen LogP contribution < -0.4 is 14.3 Å². The van der Waals surface area contributed by atoms with Crippen molar-refractivity contribution in [2.45, 2.75) is 4.90 Å². The molecule has 10 heteroatoms. The number of hydrogen-bond donors (Lipinski definition) is 1. The molecule has 31 heavy (non-hydrogen) atoms. The van der Waals surface area contributed by atoms with Crippen molar-refractivity contribution in [1.29, 1.82) is 0 Å². The van der Waals surface area contributed by atoms with Gasteiger partial charge in [0.05, 0.1) is 23.8 Å². The summed E-state index contributed by atoms with van der Waals surface area (Å²) in [7, 11) is -2.35. The molecule has 3 aromatic rings. The fourth-order valence-corrected chi connectivity index (χ4v) is 3.73. The van der Waals surface area contributed by atoms with Crippen molar-refractivity contribution >= 4 is 49.7 Å². The highest BCUT2D eigenvalue weighted by Crippen LogP contribution is 2.23. The number of sulfonamides is 1. The Morgan fingerprint density at radius 1 is 1.06 bits per heavy atom. The molecule has 160 valence electrons. The second-order valence-electron chi connectivity index (χ2n) is 6.11. The van der Waals surface area contributed by atoms with Crippen molar-refractivity contribution in [2.75, 3.05) is 7.11 Å². The van der Waals surface area contributed by atoms with E-state index in [1.54, 1.807) is 42.5 Å². The first-order valence-electron chi connectivity index (χ1n) is 8.75. The van der Waals surface area contributed by atoms with Crippen molar-refractivity contribution in [2.24, 2.45) is 5.10 Å². The highest BCUT2D eigenvalue weighted by Gasteiger charge is 2.14. The second kappa shape index (κ2) is 9.95. The predicted octanol–water partition coefficient (Wildman–Crippen LogP) is 4.64. The smallest absolute Gasteiger partial charge is 0.343 e. The average Bonchev–Trinajstić information content (AvgIpc) is 2.75. The maximum absolute atomic E-state index is 12.5. The van der Waals surface area contributed by atoms with Crippen molar-refractivity contribution in [3.8, 4) is 11.5 Å². The maximum Gasteiger partial charge on any atom is 0.343 e. The first-order chi connectivity index (χ1) is 14.8. The average molecular weight is 524 g/mol. The van der Waals surface area contributed by atoms with Gasteiger partial charge >= 0.3 is 5.97 Å². The Morgan fingerprint density at radius 3 is 2.39 bits per heavy atom. The van der Waals surface area contributed by atoms with Gasteiger partial charge in [-0.2, -0.15) is 13.5 Å². The highest BCUT2D eigenvalue weighted by atomic mass is 79.9. The molecule has 0 aliphatic carbocycles. The molecule has 0 atom stereocenters. The summed E-state index contributed by atoms with van der Waals surface area (Å²) < 4.78 is 35.9. The molecule has 0 aromatic heterocycles. The molecule has 0 saturated heterocycles. The van der Waals surface area contributed by atoms with Gasteiger partial charge in [-0.15, -0.1) is 0 Å². The van der Waals surface area contributed by atoms with E-state index in [2.05, 4.69) is 25.9 Å². The zero-order chi connectivity index (χ0) is 22.4. The molecule has 0 saturated carbocycles. The van der Waals surface area contributed by atoms with Crippen LogP contribution in [-0.4, -0.2) is 27.7 Å². The minimum absolute atomic E-state index is 0.00875. The van der Waals surface area contributed by atoms with Gasteiger partial charge in [0, 0.05) is 15.1 Å². The minimum atomic E-state index is -3.88.